The summed E-state index contributed by atoms with van der Waals surface area (Å²) in [6.07, 6.45) is 0.757. The van der Waals surface area contributed by atoms with Crippen molar-refractivity contribution in [2.45, 2.75) is 38.3 Å². The van der Waals surface area contributed by atoms with Gasteiger partial charge in [-0.3, -0.25) is 0 Å². The van der Waals surface area contributed by atoms with Gasteiger partial charge in [-0.25, -0.2) is 4.79 Å². The first kappa shape index (κ1) is 13.1. The molecular weight excluding hydrogens is 221 g/mol. The molecule has 0 atom stereocenters. The predicted octanol–water partition coefficient (Wildman–Crippen LogP) is 3.23. The van der Waals surface area contributed by atoms with Gasteiger partial charge in [-0.1, -0.05) is 25.3 Å². The Morgan fingerprint density at radius 1 is 1.25 bits per heavy atom. The van der Waals surface area contributed by atoms with Crippen LogP contribution < -0.4 is 0 Å². The van der Waals surface area contributed by atoms with Crippen LogP contribution >= 0.6 is 0 Å². The van der Waals surface area contributed by atoms with Gasteiger partial charge < -0.3 is 4.74 Å². The average Bonchev–Trinajstić information content (AvgIpc) is 2.25. The van der Waals surface area contributed by atoms with Crippen LogP contribution in [0.4, 0.5) is 13.2 Å². The quantitative estimate of drug-likeness (QED) is 0.543. The molecule has 0 spiro atoms. The van der Waals surface area contributed by atoms with Crippen LogP contribution in [0.5, 0.6) is 0 Å². The Bertz CT molecular complexity index is 275. The number of esters is 1. The van der Waals surface area contributed by atoms with Crippen molar-refractivity contribution in [1.29, 1.82) is 0 Å². The molecule has 0 bridgehead atoms. The maximum atomic E-state index is 12.5. The molecule has 1 aliphatic carbocycles. The van der Waals surface area contributed by atoms with E-state index < -0.39 is 17.7 Å². The Balaban J connectivity index is 2.82. The molecule has 0 N–H and O–H groups in total. The highest BCUT2D eigenvalue weighted by molar-refractivity contribution is 5.89. The fraction of sp³-hybridized carbons (Fsp3) is 0.727. The van der Waals surface area contributed by atoms with Crippen molar-refractivity contribution in [1.82, 2.24) is 0 Å². The van der Waals surface area contributed by atoms with Crippen molar-refractivity contribution < 1.29 is 22.7 Å². The van der Waals surface area contributed by atoms with Crippen LogP contribution in [-0.2, 0) is 9.53 Å². The molecule has 1 fully saturated rings. The van der Waals surface area contributed by atoms with E-state index in [2.05, 4.69) is 4.74 Å². The zero-order valence-corrected chi connectivity index (χ0v) is 9.14. The van der Waals surface area contributed by atoms with E-state index in [0.29, 0.717) is 0 Å². The number of carbonyl (C=O) groups excluding carboxylic acids is 1. The molecule has 1 rings (SSSR count). The minimum absolute atomic E-state index is 0.149. The van der Waals surface area contributed by atoms with Crippen LogP contribution in [0.3, 0.4) is 0 Å². The number of hydrogen-bond donors (Lipinski definition) is 0. The van der Waals surface area contributed by atoms with E-state index in [0.717, 1.165) is 45.3 Å². The highest BCUT2D eigenvalue weighted by Crippen LogP contribution is 2.32. The van der Waals surface area contributed by atoms with E-state index in [-0.39, 0.29) is 5.92 Å². The smallest absolute Gasteiger partial charge is 0.423 e. The number of allylic oxidation sites excluding steroid dienone is 1. The van der Waals surface area contributed by atoms with Gasteiger partial charge >= 0.3 is 12.1 Å². The largest absolute Gasteiger partial charge is 0.465 e. The number of halogens is 3. The van der Waals surface area contributed by atoms with Crippen LogP contribution in [0.1, 0.15) is 32.1 Å². The van der Waals surface area contributed by atoms with E-state index in [1.54, 1.807) is 0 Å². The van der Waals surface area contributed by atoms with Crippen molar-refractivity contribution >= 4 is 5.97 Å². The lowest BCUT2D eigenvalue weighted by atomic mass is 9.88. The Morgan fingerprint density at radius 3 is 2.25 bits per heavy atom. The van der Waals surface area contributed by atoms with Gasteiger partial charge in [0, 0.05) is 0 Å². The van der Waals surface area contributed by atoms with E-state index in [9.17, 15) is 18.0 Å². The molecule has 0 saturated heterocycles. The standard InChI is InChI=1S/C11H15F3O2/c1-16-10(15)9(11(12,13)14)7-8-5-3-2-4-6-8/h7-8H,2-6H2,1H3. The molecule has 5 heteroatoms. The first-order chi connectivity index (χ1) is 7.45. The van der Waals surface area contributed by atoms with Crippen LogP contribution in [-0.4, -0.2) is 19.3 Å². The summed E-state index contributed by atoms with van der Waals surface area (Å²) in [5, 5.41) is 0. The van der Waals surface area contributed by atoms with E-state index in [1.165, 1.54) is 0 Å². The molecule has 0 aliphatic heterocycles. The molecule has 0 aromatic carbocycles. The molecule has 2 nitrogen and oxygen atoms in total. The second kappa shape index (κ2) is 5.37. The van der Waals surface area contributed by atoms with Gasteiger partial charge in [0.05, 0.1) is 7.11 Å². The summed E-state index contributed by atoms with van der Waals surface area (Å²) in [4.78, 5) is 11.0. The molecule has 0 aromatic rings. The third kappa shape index (κ3) is 3.54. The third-order valence-corrected chi connectivity index (χ3v) is 2.76. The Morgan fingerprint density at radius 2 is 1.81 bits per heavy atom. The maximum absolute atomic E-state index is 12.5. The molecule has 16 heavy (non-hydrogen) atoms. The number of carbonyl (C=O) groups is 1. The minimum atomic E-state index is -4.62. The molecule has 92 valence electrons. The van der Waals surface area contributed by atoms with Crippen LogP contribution in [0, 0.1) is 5.92 Å². The molecule has 0 heterocycles. The zero-order valence-electron chi connectivity index (χ0n) is 9.14. The molecular formula is C11H15F3O2. The third-order valence-electron chi connectivity index (χ3n) is 2.76. The summed E-state index contributed by atoms with van der Waals surface area (Å²) in [6.45, 7) is 0. The lowest BCUT2D eigenvalue weighted by molar-refractivity contribution is -0.148. The van der Waals surface area contributed by atoms with Crippen LogP contribution in [0.2, 0.25) is 0 Å². The lowest BCUT2D eigenvalue weighted by Gasteiger charge is -2.20. The van der Waals surface area contributed by atoms with Gasteiger partial charge in [0.15, 0.2) is 0 Å². The van der Waals surface area contributed by atoms with Gasteiger partial charge in [0.25, 0.3) is 0 Å². The molecule has 0 amide bonds. The van der Waals surface area contributed by atoms with Gasteiger partial charge in [-0.15, -0.1) is 0 Å². The second-order valence-corrected chi connectivity index (χ2v) is 3.97. The summed E-state index contributed by atoms with van der Waals surface area (Å²) in [5.74, 6) is -1.44. The summed E-state index contributed by atoms with van der Waals surface area (Å²) in [5.41, 5.74) is -1.16. The number of hydrogen-bond acceptors (Lipinski definition) is 2. The second-order valence-electron chi connectivity index (χ2n) is 3.97. The Hall–Kier alpha value is -1.00. The first-order valence-corrected chi connectivity index (χ1v) is 5.32. The summed E-state index contributed by atoms with van der Waals surface area (Å²) in [6, 6.07) is 0. The van der Waals surface area contributed by atoms with Gasteiger partial charge in [-0.2, -0.15) is 13.2 Å². The van der Waals surface area contributed by atoms with Crippen molar-refractivity contribution in [2.75, 3.05) is 7.11 Å². The van der Waals surface area contributed by atoms with Crippen molar-refractivity contribution in [3.63, 3.8) is 0 Å². The minimum Gasteiger partial charge on any atom is -0.465 e. The SMILES string of the molecule is COC(=O)C(=CC1CCCCC1)C(F)(F)F. The Kier molecular flexibility index (Phi) is 4.38. The molecule has 0 radical (unpaired) electrons. The Labute approximate surface area is 92.5 Å². The first-order valence-electron chi connectivity index (χ1n) is 5.32. The van der Waals surface area contributed by atoms with Crippen molar-refractivity contribution in [3.05, 3.63) is 11.6 Å². The van der Waals surface area contributed by atoms with Crippen molar-refractivity contribution in [3.8, 4) is 0 Å². The number of alkyl halides is 3. The summed E-state index contributed by atoms with van der Waals surface area (Å²) in [7, 11) is 0.961. The molecule has 0 unspecified atom stereocenters. The van der Waals surface area contributed by atoms with E-state index in [4.69, 9.17) is 0 Å². The lowest BCUT2D eigenvalue weighted by Crippen LogP contribution is -2.22. The highest BCUT2D eigenvalue weighted by Gasteiger charge is 2.40. The van der Waals surface area contributed by atoms with E-state index in [1.807, 2.05) is 0 Å². The van der Waals surface area contributed by atoms with Crippen LogP contribution in [0.15, 0.2) is 11.6 Å². The average molecular weight is 236 g/mol. The van der Waals surface area contributed by atoms with Crippen LogP contribution in [0.25, 0.3) is 0 Å². The molecule has 1 saturated carbocycles. The monoisotopic (exact) mass is 236 g/mol. The molecule has 1 aliphatic rings. The fourth-order valence-electron chi connectivity index (χ4n) is 1.92. The number of methoxy groups -OCH3 is 1. The topological polar surface area (TPSA) is 26.3 Å². The fourth-order valence-corrected chi connectivity index (χ4v) is 1.92. The summed E-state index contributed by atoms with van der Waals surface area (Å²) >= 11 is 0. The van der Waals surface area contributed by atoms with E-state index >= 15 is 0 Å². The number of rotatable bonds is 2. The normalized spacial score (nSPS) is 19.6. The van der Waals surface area contributed by atoms with Crippen molar-refractivity contribution in [2.24, 2.45) is 5.92 Å². The number of ether oxygens (including phenoxy) is 1. The zero-order chi connectivity index (χ0) is 12.2. The van der Waals surface area contributed by atoms with Gasteiger partial charge in [0.2, 0.25) is 0 Å². The predicted molar refractivity (Wildman–Crippen MR) is 52.7 cm³/mol. The van der Waals surface area contributed by atoms with Gasteiger partial charge in [0.1, 0.15) is 5.57 Å². The highest BCUT2D eigenvalue weighted by atomic mass is 19.4. The van der Waals surface area contributed by atoms with Gasteiger partial charge in [-0.05, 0) is 18.8 Å². The molecule has 0 aromatic heterocycles. The maximum Gasteiger partial charge on any atom is 0.423 e. The summed E-state index contributed by atoms with van der Waals surface area (Å²) < 4.78 is 41.8.